The van der Waals surface area contributed by atoms with Crippen LogP contribution in [0.5, 0.6) is 0 Å². The van der Waals surface area contributed by atoms with Crippen molar-refractivity contribution >= 4 is 15.9 Å². The Hall–Kier alpha value is -0.310. The molecule has 1 aliphatic carbocycles. The van der Waals surface area contributed by atoms with E-state index in [2.05, 4.69) is 32.5 Å². The third-order valence-electron chi connectivity index (χ3n) is 2.93. The highest BCUT2D eigenvalue weighted by Gasteiger charge is 2.25. The highest BCUT2D eigenvalue weighted by Crippen LogP contribution is 2.33. The van der Waals surface area contributed by atoms with E-state index in [4.69, 9.17) is 0 Å². The number of nitrogens with zero attached hydrogens (tertiary/aromatic N) is 2. The molecule has 0 aliphatic heterocycles. The molecule has 0 spiro atoms. The van der Waals surface area contributed by atoms with Crippen LogP contribution in [-0.2, 0) is 13.5 Å². The second-order valence-corrected chi connectivity index (χ2v) is 5.04. The third kappa shape index (κ3) is 1.96. The average Bonchev–Trinajstić information content (AvgIpc) is 2.65. The summed E-state index contributed by atoms with van der Waals surface area (Å²) in [5, 5.41) is 0. The summed E-state index contributed by atoms with van der Waals surface area (Å²) in [5.74, 6) is 2.01. The minimum Gasteiger partial charge on any atom is -0.338 e. The van der Waals surface area contributed by atoms with Gasteiger partial charge in [0.1, 0.15) is 5.82 Å². The zero-order chi connectivity index (χ0) is 9.26. The fourth-order valence-electron chi connectivity index (χ4n) is 2.05. The molecular formula is C10H15BrN2. The largest absolute Gasteiger partial charge is 0.338 e. The van der Waals surface area contributed by atoms with E-state index in [0.717, 1.165) is 12.3 Å². The van der Waals surface area contributed by atoms with E-state index in [9.17, 15) is 0 Å². The van der Waals surface area contributed by atoms with Crippen molar-refractivity contribution in [2.75, 3.05) is 0 Å². The molecule has 1 heterocycles. The van der Waals surface area contributed by atoms with Gasteiger partial charge in [-0.05, 0) is 18.8 Å². The summed E-state index contributed by atoms with van der Waals surface area (Å²) in [6, 6.07) is 0. The fourth-order valence-corrected chi connectivity index (χ4v) is 2.82. The van der Waals surface area contributed by atoms with Crippen LogP contribution in [0.4, 0.5) is 0 Å². The second kappa shape index (κ2) is 3.82. The zero-order valence-corrected chi connectivity index (χ0v) is 9.50. The van der Waals surface area contributed by atoms with Crippen molar-refractivity contribution in [1.82, 2.24) is 9.55 Å². The standard InChI is InChI=1S/C10H15BrN2/c1-13-6-5-12-10(13)7-8-3-2-4-9(8)11/h5-6,8-9H,2-4,7H2,1H3. The van der Waals surface area contributed by atoms with Gasteiger partial charge in [-0.1, -0.05) is 22.4 Å². The molecule has 0 aromatic carbocycles. The normalized spacial score (nSPS) is 28.2. The number of hydrogen-bond acceptors (Lipinski definition) is 1. The Morgan fingerprint density at radius 2 is 2.46 bits per heavy atom. The number of rotatable bonds is 2. The Kier molecular flexibility index (Phi) is 2.72. The second-order valence-electron chi connectivity index (χ2n) is 3.87. The minimum atomic E-state index is 0.712. The van der Waals surface area contributed by atoms with Crippen molar-refractivity contribution in [1.29, 1.82) is 0 Å². The van der Waals surface area contributed by atoms with E-state index >= 15 is 0 Å². The smallest absolute Gasteiger partial charge is 0.108 e. The number of alkyl halides is 1. The van der Waals surface area contributed by atoms with E-state index in [-0.39, 0.29) is 0 Å². The van der Waals surface area contributed by atoms with Crippen LogP contribution >= 0.6 is 15.9 Å². The number of hydrogen-bond donors (Lipinski definition) is 0. The summed E-state index contributed by atoms with van der Waals surface area (Å²) in [6.45, 7) is 0. The summed E-state index contributed by atoms with van der Waals surface area (Å²) in [6.07, 6.45) is 9.07. The fraction of sp³-hybridized carbons (Fsp3) is 0.700. The molecule has 2 unspecified atom stereocenters. The predicted molar refractivity (Wildman–Crippen MR) is 57.0 cm³/mol. The molecule has 1 aromatic heterocycles. The van der Waals surface area contributed by atoms with E-state index in [1.165, 1.54) is 25.1 Å². The van der Waals surface area contributed by atoms with Crippen LogP contribution < -0.4 is 0 Å². The molecule has 72 valence electrons. The molecule has 2 atom stereocenters. The number of aromatic nitrogens is 2. The number of halogens is 1. The molecule has 0 saturated heterocycles. The lowest BCUT2D eigenvalue weighted by molar-refractivity contribution is 0.535. The molecule has 0 amide bonds. The first-order chi connectivity index (χ1) is 6.27. The zero-order valence-electron chi connectivity index (χ0n) is 7.91. The number of aryl methyl sites for hydroxylation is 1. The third-order valence-corrected chi connectivity index (χ3v) is 4.14. The Bertz CT molecular complexity index is 282. The molecule has 13 heavy (non-hydrogen) atoms. The van der Waals surface area contributed by atoms with Crippen molar-refractivity contribution in [3.63, 3.8) is 0 Å². The van der Waals surface area contributed by atoms with Crippen LogP contribution in [-0.4, -0.2) is 14.4 Å². The maximum absolute atomic E-state index is 4.36. The van der Waals surface area contributed by atoms with Gasteiger partial charge in [0.15, 0.2) is 0 Å². The van der Waals surface area contributed by atoms with Gasteiger partial charge in [0.05, 0.1) is 0 Å². The van der Waals surface area contributed by atoms with Gasteiger partial charge in [0.2, 0.25) is 0 Å². The summed E-state index contributed by atoms with van der Waals surface area (Å²) in [4.78, 5) is 5.07. The number of imidazole rings is 1. The van der Waals surface area contributed by atoms with Gasteiger partial charge in [0.25, 0.3) is 0 Å². The summed E-state index contributed by atoms with van der Waals surface area (Å²) in [7, 11) is 2.07. The van der Waals surface area contributed by atoms with Crippen LogP contribution in [0.3, 0.4) is 0 Å². The van der Waals surface area contributed by atoms with Gasteiger partial charge in [0, 0.05) is 30.7 Å². The van der Waals surface area contributed by atoms with Gasteiger partial charge in [-0.3, -0.25) is 0 Å². The predicted octanol–water partition coefficient (Wildman–Crippen LogP) is 2.53. The molecule has 1 fully saturated rings. The van der Waals surface area contributed by atoms with Crippen LogP contribution in [0.25, 0.3) is 0 Å². The Morgan fingerprint density at radius 3 is 3.00 bits per heavy atom. The van der Waals surface area contributed by atoms with Gasteiger partial charge in [-0.15, -0.1) is 0 Å². The monoisotopic (exact) mass is 242 g/mol. The molecule has 0 radical (unpaired) electrons. The van der Waals surface area contributed by atoms with Gasteiger partial charge < -0.3 is 4.57 Å². The van der Waals surface area contributed by atoms with Gasteiger partial charge >= 0.3 is 0 Å². The molecule has 3 heteroatoms. The van der Waals surface area contributed by atoms with E-state index < -0.39 is 0 Å². The Balaban J connectivity index is 2.01. The first-order valence-corrected chi connectivity index (χ1v) is 5.79. The van der Waals surface area contributed by atoms with Crippen LogP contribution in [0.15, 0.2) is 12.4 Å². The lowest BCUT2D eigenvalue weighted by atomic mass is 10.0. The van der Waals surface area contributed by atoms with Crippen molar-refractivity contribution in [2.45, 2.75) is 30.5 Å². The Morgan fingerprint density at radius 1 is 1.62 bits per heavy atom. The summed E-state index contributed by atoms with van der Waals surface area (Å²) in [5.41, 5.74) is 0. The first kappa shape index (κ1) is 9.25. The van der Waals surface area contributed by atoms with Gasteiger partial charge in [-0.25, -0.2) is 4.98 Å². The highest BCUT2D eigenvalue weighted by atomic mass is 79.9. The molecule has 2 nitrogen and oxygen atoms in total. The van der Waals surface area contributed by atoms with Crippen molar-refractivity contribution in [2.24, 2.45) is 13.0 Å². The molecule has 1 saturated carbocycles. The van der Waals surface area contributed by atoms with E-state index in [1.807, 2.05) is 12.4 Å². The topological polar surface area (TPSA) is 17.8 Å². The van der Waals surface area contributed by atoms with Crippen molar-refractivity contribution in [3.8, 4) is 0 Å². The maximum atomic E-state index is 4.36. The van der Waals surface area contributed by atoms with Crippen LogP contribution in [0.1, 0.15) is 25.1 Å². The van der Waals surface area contributed by atoms with Crippen LogP contribution in [0.2, 0.25) is 0 Å². The molecule has 0 bridgehead atoms. The first-order valence-electron chi connectivity index (χ1n) is 4.87. The van der Waals surface area contributed by atoms with Crippen LogP contribution in [0, 0.1) is 5.92 Å². The SMILES string of the molecule is Cn1ccnc1CC1CCCC1Br. The van der Waals surface area contributed by atoms with Crippen molar-refractivity contribution < 1.29 is 0 Å². The molecular weight excluding hydrogens is 228 g/mol. The molecule has 1 aromatic rings. The summed E-state index contributed by atoms with van der Waals surface area (Å²) < 4.78 is 2.12. The van der Waals surface area contributed by atoms with Gasteiger partial charge in [-0.2, -0.15) is 0 Å². The van der Waals surface area contributed by atoms with E-state index in [1.54, 1.807) is 0 Å². The molecule has 2 rings (SSSR count). The van der Waals surface area contributed by atoms with E-state index in [0.29, 0.717) is 4.83 Å². The quantitative estimate of drug-likeness (QED) is 0.730. The van der Waals surface area contributed by atoms with Crippen molar-refractivity contribution in [3.05, 3.63) is 18.2 Å². The molecule has 0 N–H and O–H groups in total. The lowest BCUT2D eigenvalue weighted by Gasteiger charge is -2.12. The maximum Gasteiger partial charge on any atom is 0.108 e. The Labute approximate surface area is 87.5 Å². The minimum absolute atomic E-state index is 0.712. The lowest BCUT2D eigenvalue weighted by Crippen LogP contribution is -2.12. The average molecular weight is 243 g/mol. The highest BCUT2D eigenvalue weighted by molar-refractivity contribution is 9.09. The summed E-state index contributed by atoms with van der Waals surface area (Å²) >= 11 is 3.74. The molecule has 1 aliphatic rings.